The summed E-state index contributed by atoms with van der Waals surface area (Å²) in [5.74, 6) is -0.615. The third kappa shape index (κ3) is 2.82. The molecule has 1 aliphatic rings. The molecule has 0 spiro atoms. The SMILES string of the molecule is CC1(C(=O)Nc2cc(Cl)ccc2F)CCNCC1. The highest BCUT2D eigenvalue weighted by Crippen LogP contribution is 2.30. The van der Waals surface area contributed by atoms with Crippen molar-refractivity contribution in [1.29, 1.82) is 0 Å². The molecule has 5 heteroatoms. The van der Waals surface area contributed by atoms with Crippen molar-refractivity contribution in [2.45, 2.75) is 19.8 Å². The fourth-order valence-corrected chi connectivity index (χ4v) is 2.24. The summed E-state index contributed by atoms with van der Waals surface area (Å²) in [6, 6.07) is 4.14. The number of halogens is 2. The van der Waals surface area contributed by atoms with E-state index >= 15 is 0 Å². The van der Waals surface area contributed by atoms with E-state index < -0.39 is 11.2 Å². The van der Waals surface area contributed by atoms with Crippen LogP contribution in [0.1, 0.15) is 19.8 Å². The van der Waals surface area contributed by atoms with E-state index in [2.05, 4.69) is 10.6 Å². The van der Waals surface area contributed by atoms with E-state index in [1.807, 2.05) is 6.92 Å². The van der Waals surface area contributed by atoms with Crippen molar-refractivity contribution in [1.82, 2.24) is 5.32 Å². The molecule has 0 saturated carbocycles. The maximum Gasteiger partial charge on any atom is 0.230 e. The van der Waals surface area contributed by atoms with Crippen molar-refractivity contribution in [3.05, 3.63) is 29.0 Å². The Hall–Kier alpha value is -1.13. The number of benzene rings is 1. The summed E-state index contributed by atoms with van der Waals surface area (Å²) < 4.78 is 13.5. The molecular formula is C13H16ClFN2O. The molecule has 3 nitrogen and oxygen atoms in total. The number of anilines is 1. The number of hydrogen-bond acceptors (Lipinski definition) is 2. The second kappa shape index (κ2) is 5.24. The van der Waals surface area contributed by atoms with Crippen LogP contribution in [0.25, 0.3) is 0 Å². The van der Waals surface area contributed by atoms with Gasteiger partial charge in [0.2, 0.25) is 5.91 Å². The lowest BCUT2D eigenvalue weighted by molar-refractivity contribution is -0.126. The molecule has 1 aromatic rings. The Morgan fingerprint density at radius 3 is 2.78 bits per heavy atom. The Morgan fingerprint density at radius 1 is 1.44 bits per heavy atom. The molecule has 1 saturated heterocycles. The van der Waals surface area contributed by atoms with E-state index in [0.717, 1.165) is 25.9 Å². The van der Waals surface area contributed by atoms with Gasteiger partial charge in [-0.15, -0.1) is 0 Å². The summed E-state index contributed by atoms with van der Waals surface area (Å²) >= 11 is 5.79. The second-order valence-electron chi connectivity index (χ2n) is 4.89. The fraction of sp³-hybridized carbons (Fsp3) is 0.462. The molecule has 2 rings (SSSR count). The number of carbonyl (C=O) groups is 1. The van der Waals surface area contributed by atoms with Crippen molar-refractivity contribution < 1.29 is 9.18 Å². The highest BCUT2D eigenvalue weighted by Gasteiger charge is 2.34. The van der Waals surface area contributed by atoms with Gasteiger partial charge in [0.1, 0.15) is 5.82 Å². The Bertz CT molecular complexity index is 458. The van der Waals surface area contributed by atoms with Crippen molar-refractivity contribution >= 4 is 23.2 Å². The van der Waals surface area contributed by atoms with E-state index in [9.17, 15) is 9.18 Å². The van der Waals surface area contributed by atoms with Crippen LogP contribution in [0.5, 0.6) is 0 Å². The number of nitrogens with one attached hydrogen (secondary N) is 2. The molecular weight excluding hydrogens is 255 g/mol. The zero-order chi connectivity index (χ0) is 13.2. The van der Waals surface area contributed by atoms with Gasteiger partial charge in [-0.3, -0.25) is 4.79 Å². The van der Waals surface area contributed by atoms with E-state index in [1.54, 1.807) is 0 Å². The summed E-state index contributed by atoms with van der Waals surface area (Å²) in [7, 11) is 0. The number of hydrogen-bond donors (Lipinski definition) is 2. The quantitative estimate of drug-likeness (QED) is 0.868. The molecule has 0 unspecified atom stereocenters. The monoisotopic (exact) mass is 270 g/mol. The Labute approximate surface area is 111 Å². The molecule has 0 bridgehead atoms. The van der Waals surface area contributed by atoms with Gasteiger partial charge < -0.3 is 10.6 Å². The van der Waals surface area contributed by atoms with Crippen LogP contribution >= 0.6 is 11.6 Å². The van der Waals surface area contributed by atoms with Gasteiger partial charge >= 0.3 is 0 Å². The first kappa shape index (κ1) is 13.3. The lowest BCUT2D eigenvalue weighted by atomic mass is 9.80. The van der Waals surface area contributed by atoms with Gasteiger partial charge in [-0.1, -0.05) is 18.5 Å². The summed E-state index contributed by atoms with van der Waals surface area (Å²) in [5, 5.41) is 6.24. The third-order valence-corrected chi connectivity index (χ3v) is 3.67. The molecule has 98 valence electrons. The van der Waals surface area contributed by atoms with Gasteiger partial charge in [0.05, 0.1) is 5.69 Å². The average Bonchev–Trinajstić information content (AvgIpc) is 2.35. The molecule has 1 fully saturated rings. The van der Waals surface area contributed by atoms with Crippen LogP contribution in [-0.2, 0) is 4.79 Å². The van der Waals surface area contributed by atoms with E-state index in [-0.39, 0.29) is 11.6 Å². The number of amides is 1. The molecule has 1 aliphatic heterocycles. The molecule has 1 aromatic carbocycles. The smallest absolute Gasteiger partial charge is 0.230 e. The summed E-state index contributed by atoms with van der Waals surface area (Å²) in [4.78, 5) is 12.2. The second-order valence-corrected chi connectivity index (χ2v) is 5.33. The molecule has 2 N–H and O–H groups in total. The summed E-state index contributed by atoms with van der Waals surface area (Å²) in [5.41, 5.74) is -0.299. The van der Waals surface area contributed by atoms with Gasteiger partial charge in [-0.2, -0.15) is 0 Å². The molecule has 0 radical (unpaired) electrons. The standard InChI is InChI=1S/C13H16ClFN2O/c1-13(4-6-16-7-5-13)12(18)17-11-8-9(14)2-3-10(11)15/h2-3,8,16H,4-7H2,1H3,(H,17,18). The van der Waals surface area contributed by atoms with Crippen molar-refractivity contribution in [3.63, 3.8) is 0 Å². The molecule has 0 atom stereocenters. The normalized spacial score (nSPS) is 18.4. The van der Waals surface area contributed by atoms with Gasteiger partial charge in [-0.25, -0.2) is 4.39 Å². The van der Waals surface area contributed by atoms with Crippen LogP contribution in [0, 0.1) is 11.2 Å². The minimum absolute atomic E-state index is 0.146. The topological polar surface area (TPSA) is 41.1 Å². The first-order valence-corrected chi connectivity index (χ1v) is 6.36. The zero-order valence-corrected chi connectivity index (χ0v) is 11.0. The highest BCUT2D eigenvalue weighted by molar-refractivity contribution is 6.30. The average molecular weight is 271 g/mol. The lowest BCUT2D eigenvalue weighted by Gasteiger charge is -2.32. The highest BCUT2D eigenvalue weighted by atomic mass is 35.5. The van der Waals surface area contributed by atoms with Crippen LogP contribution in [-0.4, -0.2) is 19.0 Å². The molecule has 0 aliphatic carbocycles. The third-order valence-electron chi connectivity index (χ3n) is 3.43. The van der Waals surface area contributed by atoms with Crippen LogP contribution in [0.15, 0.2) is 18.2 Å². The van der Waals surface area contributed by atoms with Gasteiger partial charge in [0, 0.05) is 10.4 Å². The van der Waals surface area contributed by atoms with Crippen LogP contribution in [0.3, 0.4) is 0 Å². The molecule has 1 heterocycles. The van der Waals surface area contributed by atoms with Crippen LogP contribution in [0.4, 0.5) is 10.1 Å². The fourth-order valence-electron chi connectivity index (χ4n) is 2.07. The van der Waals surface area contributed by atoms with Gasteiger partial charge in [0.25, 0.3) is 0 Å². The minimum atomic E-state index is -0.467. The largest absolute Gasteiger partial charge is 0.323 e. The van der Waals surface area contributed by atoms with Crippen molar-refractivity contribution in [2.24, 2.45) is 5.41 Å². The first-order valence-electron chi connectivity index (χ1n) is 5.98. The van der Waals surface area contributed by atoms with Crippen LogP contribution < -0.4 is 10.6 Å². The number of piperidine rings is 1. The minimum Gasteiger partial charge on any atom is -0.323 e. The lowest BCUT2D eigenvalue weighted by Crippen LogP contribution is -2.42. The Kier molecular flexibility index (Phi) is 3.88. The summed E-state index contributed by atoms with van der Waals surface area (Å²) in [6.45, 7) is 3.52. The molecule has 1 amide bonds. The number of carbonyl (C=O) groups excluding carboxylic acids is 1. The number of rotatable bonds is 2. The summed E-state index contributed by atoms with van der Waals surface area (Å²) in [6.07, 6.45) is 1.50. The Morgan fingerprint density at radius 2 is 2.11 bits per heavy atom. The first-order chi connectivity index (χ1) is 8.51. The molecule has 18 heavy (non-hydrogen) atoms. The maximum absolute atomic E-state index is 13.5. The van der Waals surface area contributed by atoms with E-state index in [0.29, 0.717) is 5.02 Å². The predicted molar refractivity (Wildman–Crippen MR) is 70.3 cm³/mol. The van der Waals surface area contributed by atoms with Gasteiger partial charge in [-0.05, 0) is 44.1 Å². The van der Waals surface area contributed by atoms with E-state index in [4.69, 9.17) is 11.6 Å². The van der Waals surface area contributed by atoms with Crippen molar-refractivity contribution in [3.8, 4) is 0 Å². The molecule has 0 aromatic heterocycles. The van der Waals surface area contributed by atoms with Crippen LogP contribution in [0.2, 0.25) is 5.02 Å². The van der Waals surface area contributed by atoms with E-state index in [1.165, 1.54) is 18.2 Å². The van der Waals surface area contributed by atoms with Crippen molar-refractivity contribution in [2.75, 3.05) is 18.4 Å². The zero-order valence-electron chi connectivity index (χ0n) is 10.2. The maximum atomic E-state index is 13.5. The Balaban J connectivity index is 2.13. The predicted octanol–water partition coefficient (Wildman–Crippen LogP) is 2.81. The van der Waals surface area contributed by atoms with Gasteiger partial charge in [0.15, 0.2) is 0 Å².